The van der Waals surface area contributed by atoms with E-state index in [1.165, 1.54) is 11.6 Å². The zero-order valence-corrected chi connectivity index (χ0v) is 17.4. The molecule has 1 unspecified atom stereocenters. The summed E-state index contributed by atoms with van der Waals surface area (Å²) in [6, 6.07) is 12.2. The van der Waals surface area contributed by atoms with Crippen molar-refractivity contribution in [2.45, 2.75) is 44.4 Å². The Bertz CT molecular complexity index is 1270. The first-order valence-electron chi connectivity index (χ1n) is 10.8. The largest absolute Gasteiger partial charge is 0.366 e. The first-order valence-corrected chi connectivity index (χ1v) is 10.8. The topological polar surface area (TPSA) is 84.7 Å². The monoisotopic (exact) mass is 416 g/mol. The lowest BCUT2D eigenvalue weighted by molar-refractivity contribution is 0.100. The molecule has 1 atom stereocenters. The molecule has 158 valence electrons. The molecule has 2 aromatic heterocycles. The lowest BCUT2D eigenvalue weighted by Crippen LogP contribution is -2.19. The van der Waals surface area contributed by atoms with Crippen LogP contribution in [0.5, 0.6) is 0 Å². The van der Waals surface area contributed by atoms with E-state index < -0.39 is 5.91 Å². The van der Waals surface area contributed by atoms with Crippen molar-refractivity contribution in [2.75, 3.05) is 0 Å². The van der Waals surface area contributed by atoms with Crippen molar-refractivity contribution in [3.63, 3.8) is 0 Å². The number of pyridine rings is 1. The maximum Gasteiger partial charge on any atom is 0.248 e. The molecule has 4 aromatic rings. The van der Waals surface area contributed by atoms with Crippen LogP contribution < -0.4 is 5.73 Å². The minimum absolute atomic E-state index is 0.214. The summed E-state index contributed by atoms with van der Waals surface area (Å²) >= 11 is 0. The minimum Gasteiger partial charge on any atom is -0.366 e. The molecule has 0 bridgehead atoms. The van der Waals surface area contributed by atoms with Gasteiger partial charge in [0.15, 0.2) is 0 Å². The van der Waals surface area contributed by atoms with E-state index in [0.717, 1.165) is 53.4 Å². The number of aromatic nitrogens is 3. The van der Waals surface area contributed by atoms with Crippen LogP contribution in [0.1, 0.15) is 66.2 Å². The number of aromatic amines is 1. The summed E-state index contributed by atoms with van der Waals surface area (Å²) in [6.45, 7) is 2.22. The number of hydrogen-bond acceptors (Lipinski definition) is 3. The van der Waals surface area contributed by atoms with E-state index in [1.54, 1.807) is 24.3 Å². The molecule has 31 heavy (non-hydrogen) atoms. The number of H-pyrrole nitrogens is 1. The number of nitrogens with one attached hydrogen (secondary N) is 1. The van der Waals surface area contributed by atoms with Gasteiger partial charge in [-0.1, -0.05) is 6.92 Å². The first-order chi connectivity index (χ1) is 15.0. The molecule has 1 fully saturated rings. The third-order valence-corrected chi connectivity index (χ3v) is 6.87. The molecule has 5 nitrogen and oxygen atoms in total. The van der Waals surface area contributed by atoms with Crippen LogP contribution in [0.4, 0.5) is 4.39 Å². The highest BCUT2D eigenvalue weighted by Gasteiger charge is 2.29. The standard InChI is InChI=1S/C25H25FN4O/c1-14(25-29-22-8-6-17(24(27)31)12-23(22)30-25)15-2-4-16(5-3-15)19-10-11-28-21-9-7-18(26)13-20(19)21/h6-16H,2-5H2,1H3,(H2,27,31)(H,29,30). The zero-order valence-electron chi connectivity index (χ0n) is 17.4. The van der Waals surface area contributed by atoms with Crippen LogP contribution >= 0.6 is 0 Å². The van der Waals surface area contributed by atoms with Crippen molar-refractivity contribution in [3.8, 4) is 0 Å². The molecule has 0 radical (unpaired) electrons. The molecule has 6 heteroatoms. The third-order valence-electron chi connectivity index (χ3n) is 6.87. The number of fused-ring (bicyclic) bond motifs is 2. The van der Waals surface area contributed by atoms with Crippen molar-refractivity contribution in [2.24, 2.45) is 11.7 Å². The Hall–Kier alpha value is -3.28. The number of nitrogens with zero attached hydrogens (tertiary/aromatic N) is 2. The van der Waals surface area contributed by atoms with Gasteiger partial charge in [-0.05, 0) is 85.5 Å². The number of carbonyl (C=O) groups is 1. The Kier molecular flexibility index (Phi) is 4.93. The van der Waals surface area contributed by atoms with Crippen LogP contribution in [0.3, 0.4) is 0 Å². The van der Waals surface area contributed by atoms with Crippen molar-refractivity contribution in [1.29, 1.82) is 0 Å². The Morgan fingerprint density at radius 1 is 1.10 bits per heavy atom. The van der Waals surface area contributed by atoms with E-state index in [4.69, 9.17) is 10.7 Å². The number of amides is 1. The second-order valence-corrected chi connectivity index (χ2v) is 8.68. The van der Waals surface area contributed by atoms with Crippen molar-refractivity contribution < 1.29 is 9.18 Å². The molecule has 2 heterocycles. The van der Waals surface area contributed by atoms with Crippen LogP contribution in [0.15, 0.2) is 48.7 Å². The quantitative estimate of drug-likeness (QED) is 0.465. The Labute approximate surface area is 179 Å². The SMILES string of the molecule is CC(c1nc2ccc(C(N)=O)cc2[nH]1)C1CCC(c2ccnc3ccc(F)cc23)CC1. The molecule has 0 saturated heterocycles. The second-order valence-electron chi connectivity index (χ2n) is 8.68. The summed E-state index contributed by atoms with van der Waals surface area (Å²) in [4.78, 5) is 24.0. The predicted octanol–water partition coefficient (Wildman–Crippen LogP) is 5.43. The number of benzene rings is 2. The number of rotatable bonds is 4. The molecule has 2 aromatic carbocycles. The van der Waals surface area contributed by atoms with E-state index >= 15 is 0 Å². The van der Waals surface area contributed by atoms with Gasteiger partial charge in [0.1, 0.15) is 11.6 Å². The minimum atomic E-state index is -0.437. The van der Waals surface area contributed by atoms with Gasteiger partial charge in [0.2, 0.25) is 5.91 Å². The number of hydrogen-bond donors (Lipinski definition) is 2. The van der Waals surface area contributed by atoms with E-state index in [2.05, 4.69) is 16.9 Å². The fourth-order valence-electron chi connectivity index (χ4n) is 5.05. The Morgan fingerprint density at radius 2 is 1.87 bits per heavy atom. The van der Waals surface area contributed by atoms with Gasteiger partial charge in [0, 0.05) is 23.1 Å². The summed E-state index contributed by atoms with van der Waals surface area (Å²) in [6.07, 6.45) is 6.15. The fourth-order valence-corrected chi connectivity index (χ4v) is 5.05. The van der Waals surface area contributed by atoms with E-state index in [-0.39, 0.29) is 11.7 Å². The molecule has 0 aliphatic heterocycles. The van der Waals surface area contributed by atoms with E-state index in [0.29, 0.717) is 17.4 Å². The van der Waals surface area contributed by atoms with Gasteiger partial charge in [-0.15, -0.1) is 0 Å². The van der Waals surface area contributed by atoms with Gasteiger partial charge in [-0.2, -0.15) is 0 Å². The average Bonchev–Trinajstić information content (AvgIpc) is 3.21. The summed E-state index contributed by atoms with van der Waals surface area (Å²) in [5.41, 5.74) is 9.64. The highest BCUT2D eigenvalue weighted by atomic mass is 19.1. The van der Waals surface area contributed by atoms with Crippen molar-refractivity contribution in [1.82, 2.24) is 15.0 Å². The number of carbonyl (C=O) groups excluding carboxylic acids is 1. The summed E-state index contributed by atoms with van der Waals surface area (Å²) < 4.78 is 13.8. The molecule has 1 amide bonds. The maximum absolute atomic E-state index is 13.8. The molecular weight excluding hydrogens is 391 g/mol. The van der Waals surface area contributed by atoms with Gasteiger partial charge < -0.3 is 10.7 Å². The molecule has 1 aliphatic carbocycles. The van der Waals surface area contributed by atoms with Crippen LogP contribution in [0, 0.1) is 11.7 Å². The summed E-state index contributed by atoms with van der Waals surface area (Å²) in [5.74, 6) is 1.54. The fraction of sp³-hybridized carbons (Fsp3) is 0.320. The lowest BCUT2D eigenvalue weighted by atomic mass is 9.73. The molecule has 1 saturated carbocycles. The van der Waals surface area contributed by atoms with Crippen LogP contribution in [0.2, 0.25) is 0 Å². The number of halogens is 1. The summed E-state index contributed by atoms with van der Waals surface area (Å²) in [7, 11) is 0. The number of primary amides is 1. The molecule has 1 aliphatic rings. The highest BCUT2D eigenvalue weighted by Crippen LogP contribution is 2.43. The molecular formula is C25H25FN4O. The first kappa shape index (κ1) is 19.7. The van der Waals surface area contributed by atoms with Gasteiger partial charge >= 0.3 is 0 Å². The van der Waals surface area contributed by atoms with Gasteiger partial charge in [0.25, 0.3) is 0 Å². The maximum atomic E-state index is 13.8. The van der Waals surface area contributed by atoms with E-state index in [9.17, 15) is 9.18 Å². The van der Waals surface area contributed by atoms with Crippen LogP contribution in [-0.4, -0.2) is 20.9 Å². The van der Waals surface area contributed by atoms with Crippen LogP contribution in [-0.2, 0) is 0 Å². The van der Waals surface area contributed by atoms with Crippen molar-refractivity contribution in [3.05, 3.63) is 71.4 Å². The van der Waals surface area contributed by atoms with Gasteiger partial charge in [0.05, 0.1) is 16.6 Å². The predicted molar refractivity (Wildman–Crippen MR) is 119 cm³/mol. The smallest absolute Gasteiger partial charge is 0.248 e. The third kappa shape index (κ3) is 3.67. The normalized spacial score (nSPS) is 20.2. The molecule has 5 rings (SSSR count). The van der Waals surface area contributed by atoms with Crippen molar-refractivity contribution >= 4 is 27.8 Å². The molecule has 0 spiro atoms. The number of nitrogens with two attached hydrogens (primary N) is 1. The highest BCUT2D eigenvalue weighted by molar-refractivity contribution is 5.96. The van der Waals surface area contributed by atoms with Crippen LogP contribution in [0.25, 0.3) is 21.9 Å². The second kappa shape index (κ2) is 7.76. The zero-order chi connectivity index (χ0) is 21.5. The molecule has 3 N–H and O–H groups in total. The summed E-state index contributed by atoms with van der Waals surface area (Å²) in [5, 5.41) is 0.932. The van der Waals surface area contributed by atoms with E-state index in [1.807, 2.05) is 18.3 Å². The number of imidazole rings is 1. The average molecular weight is 417 g/mol. The lowest BCUT2D eigenvalue weighted by Gasteiger charge is -2.32. The Morgan fingerprint density at radius 3 is 2.65 bits per heavy atom. The van der Waals surface area contributed by atoms with Gasteiger partial charge in [-0.25, -0.2) is 9.37 Å². The Balaban J connectivity index is 1.33. The van der Waals surface area contributed by atoms with Gasteiger partial charge in [-0.3, -0.25) is 9.78 Å².